The Bertz CT molecular complexity index is 417. The number of hydrogen-bond donors (Lipinski definition) is 0. The Balaban J connectivity index is 2.11. The van der Waals surface area contributed by atoms with E-state index in [1.165, 1.54) is 12.7 Å². The minimum Gasteiger partial charge on any atom is -0.367 e. The van der Waals surface area contributed by atoms with Gasteiger partial charge >= 0.3 is 0 Å². The van der Waals surface area contributed by atoms with E-state index in [0.717, 1.165) is 38.1 Å². The molecule has 0 amide bonds. The van der Waals surface area contributed by atoms with Gasteiger partial charge in [-0.25, -0.2) is 9.67 Å². The minimum absolute atomic E-state index is 0.164. The summed E-state index contributed by atoms with van der Waals surface area (Å²) in [4.78, 5) is 16.8. The van der Waals surface area contributed by atoms with E-state index in [-0.39, 0.29) is 5.78 Å². The average molecular weight is 265 g/mol. The summed E-state index contributed by atoms with van der Waals surface area (Å²) in [5.74, 6) is 0.911. The van der Waals surface area contributed by atoms with Crippen LogP contribution in [0.4, 0.5) is 0 Å². The van der Waals surface area contributed by atoms with Gasteiger partial charge < -0.3 is 4.74 Å². The minimum atomic E-state index is -0.572. The Kier molecular flexibility index (Phi) is 4.69. The fraction of sp³-hybridized carbons (Fsp3) is 0.786. The first-order valence-corrected chi connectivity index (χ1v) is 7.26. The second-order valence-corrected chi connectivity index (χ2v) is 5.08. The van der Waals surface area contributed by atoms with Crippen molar-refractivity contribution in [1.29, 1.82) is 0 Å². The molecule has 1 fully saturated rings. The maximum atomic E-state index is 12.6. The third kappa shape index (κ3) is 3.03. The van der Waals surface area contributed by atoms with Crippen LogP contribution >= 0.6 is 0 Å². The lowest BCUT2D eigenvalue weighted by Crippen LogP contribution is -2.44. The second-order valence-electron chi connectivity index (χ2n) is 5.08. The van der Waals surface area contributed by atoms with Crippen LogP contribution in [0.15, 0.2) is 6.33 Å². The van der Waals surface area contributed by atoms with E-state index in [1.54, 1.807) is 4.68 Å². The SMILES string of the molecule is CCOC1(C(=O)Cc2ncnn2CC)CCCCC1. The van der Waals surface area contributed by atoms with E-state index in [1.807, 2.05) is 13.8 Å². The van der Waals surface area contributed by atoms with E-state index in [2.05, 4.69) is 10.1 Å². The Morgan fingerprint density at radius 2 is 2.11 bits per heavy atom. The summed E-state index contributed by atoms with van der Waals surface area (Å²) in [6.45, 7) is 5.29. The van der Waals surface area contributed by atoms with E-state index in [9.17, 15) is 4.79 Å². The van der Waals surface area contributed by atoms with Crippen molar-refractivity contribution in [1.82, 2.24) is 14.8 Å². The molecule has 5 heteroatoms. The van der Waals surface area contributed by atoms with Crippen LogP contribution < -0.4 is 0 Å². The molecule has 1 aromatic heterocycles. The van der Waals surface area contributed by atoms with Gasteiger partial charge in [-0.1, -0.05) is 19.3 Å². The molecule has 2 rings (SSSR count). The first kappa shape index (κ1) is 14.2. The smallest absolute Gasteiger partial charge is 0.172 e. The summed E-state index contributed by atoms with van der Waals surface area (Å²) in [6, 6.07) is 0. The standard InChI is InChI=1S/C14H23N3O2/c1-3-17-13(15-11-16-17)10-12(18)14(19-4-2)8-6-5-7-9-14/h11H,3-10H2,1-2H3. The predicted molar refractivity (Wildman–Crippen MR) is 71.8 cm³/mol. The first-order valence-electron chi connectivity index (χ1n) is 7.26. The summed E-state index contributed by atoms with van der Waals surface area (Å²) in [6.07, 6.45) is 6.89. The zero-order chi connectivity index (χ0) is 13.7. The van der Waals surface area contributed by atoms with Crippen LogP contribution in [0.25, 0.3) is 0 Å². The van der Waals surface area contributed by atoms with Crippen LogP contribution in [0.1, 0.15) is 51.8 Å². The third-order valence-corrected chi connectivity index (χ3v) is 3.90. The van der Waals surface area contributed by atoms with Crippen molar-refractivity contribution in [2.24, 2.45) is 0 Å². The van der Waals surface area contributed by atoms with Gasteiger partial charge in [0.05, 0.1) is 6.42 Å². The van der Waals surface area contributed by atoms with Crippen molar-refractivity contribution < 1.29 is 9.53 Å². The largest absolute Gasteiger partial charge is 0.367 e. The molecule has 0 aliphatic heterocycles. The normalized spacial score (nSPS) is 18.4. The zero-order valence-electron chi connectivity index (χ0n) is 11.9. The Hall–Kier alpha value is -1.23. The number of nitrogens with zero attached hydrogens (tertiary/aromatic N) is 3. The molecule has 5 nitrogen and oxygen atoms in total. The van der Waals surface area contributed by atoms with E-state index < -0.39 is 5.60 Å². The molecule has 0 unspecified atom stereocenters. The molecule has 1 aliphatic rings. The van der Waals surface area contributed by atoms with Crippen molar-refractivity contribution in [3.8, 4) is 0 Å². The van der Waals surface area contributed by atoms with Crippen molar-refractivity contribution in [3.63, 3.8) is 0 Å². The molecule has 1 heterocycles. The van der Waals surface area contributed by atoms with E-state index in [4.69, 9.17) is 4.74 Å². The van der Waals surface area contributed by atoms with Crippen molar-refractivity contribution in [2.75, 3.05) is 6.61 Å². The van der Waals surface area contributed by atoms with Gasteiger partial charge in [-0.3, -0.25) is 4.79 Å². The number of ketones is 1. The van der Waals surface area contributed by atoms with E-state index >= 15 is 0 Å². The topological polar surface area (TPSA) is 57.0 Å². The van der Waals surface area contributed by atoms with Gasteiger partial charge in [-0.2, -0.15) is 5.10 Å². The molecule has 1 aromatic rings. The van der Waals surface area contributed by atoms with Gasteiger partial charge in [0, 0.05) is 13.2 Å². The van der Waals surface area contributed by atoms with Gasteiger partial charge in [0.15, 0.2) is 5.78 Å². The molecule has 1 aliphatic carbocycles. The number of ether oxygens (including phenoxy) is 1. The lowest BCUT2D eigenvalue weighted by atomic mass is 9.80. The summed E-state index contributed by atoms with van der Waals surface area (Å²) in [5, 5.41) is 4.11. The summed E-state index contributed by atoms with van der Waals surface area (Å²) < 4.78 is 7.63. The van der Waals surface area contributed by atoms with Crippen molar-refractivity contribution in [2.45, 2.75) is 64.5 Å². The maximum Gasteiger partial charge on any atom is 0.172 e. The molecule has 0 saturated heterocycles. The van der Waals surface area contributed by atoms with Crippen LogP contribution in [0.5, 0.6) is 0 Å². The monoisotopic (exact) mass is 265 g/mol. The third-order valence-electron chi connectivity index (χ3n) is 3.90. The van der Waals surface area contributed by atoms with Crippen LogP contribution in [-0.4, -0.2) is 32.8 Å². The van der Waals surface area contributed by atoms with Crippen LogP contribution in [0, 0.1) is 0 Å². The van der Waals surface area contributed by atoms with Gasteiger partial charge in [0.2, 0.25) is 0 Å². The van der Waals surface area contributed by atoms with Gasteiger partial charge in [-0.15, -0.1) is 0 Å². The molecule has 106 valence electrons. The molecule has 0 bridgehead atoms. The molecule has 0 radical (unpaired) electrons. The number of hydrogen-bond acceptors (Lipinski definition) is 4. The summed E-state index contributed by atoms with van der Waals surface area (Å²) in [7, 11) is 0. The Labute approximate surface area is 114 Å². The summed E-state index contributed by atoms with van der Waals surface area (Å²) >= 11 is 0. The lowest BCUT2D eigenvalue weighted by Gasteiger charge is -2.35. The molecular formula is C14H23N3O2. The van der Waals surface area contributed by atoms with Crippen molar-refractivity contribution >= 4 is 5.78 Å². The number of aromatic nitrogens is 3. The number of carbonyl (C=O) groups excluding carboxylic acids is 1. The molecular weight excluding hydrogens is 242 g/mol. The van der Waals surface area contributed by atoms with Crippen LogP contribution in [0.2, 0.25) is 0 Å². The molecule has 0 aromatic carbocycles. The Morgan fingerprint density at radius 3 is 2.74 bits per heavy atom. The highest BCUT2D eigenvalue weighted by atomic mass is 16.5. The number of Topliss-reactive ketones (excluding diaryl/α,β-unsaturated/α-hetero) is 1. The van der Waals surface area contributed by atoms with Gasteiger partial charge in [-0.05, 0) is 26.7 Å². The first-order chi connectivity index (χ1) is 9.22. The highest BCUT2D eigenvalue weighted by Crippen LogP contribution is 2.33. The highest BCUT2D eigenvalue weighted by molar-refractivity contribution is 5.88. The number of aryl methyl sites for hydroxylation is 1. The molecule has 19 heavy (non-hydrogen) atoms. The van der Waals surface area contributed by atoms with Gasteiger partial charge in [0.1, 0.15) is 17.8 Å². The fourth-order valence-corrected chi connectivity index (χ4v) is 2.90. The van der Waals surface area contributed by atoms with Gasteiger partial charge in [0.25, 0.3) is 0 Å². The molecule has 0 N–H and O–H groups in total. The number of carbonyl (C=O) groups is 1. The number of rotatable bonds is 6. The molecule has 1 saturated carbocycles. The van der Waals surface area contributed by atoms with Crippen LogP contribution in [-0.2, 0) is 22.5 Å². The maximum absolute atomic E-state index is 12.6. The Morgan fingerprint density at radius 1 is 1.37 bits per heavy atom. The highest BCUT2D eigenvalue weighted by Gasteiger charge is 2.40. The quantitative estimate of drug-likeness (QED) is 0.791. The zero-order valence-corrected chi connectivity index (χ0v) is 11.9. The fourth-order valence-electron chi connectivity index (χ4n) is 2.90. The van der Waals surface area contributed by atoms with Crippen molar-refractivity contribution in [3.05, 3.63) is 12.2 Å². The van der Waals surface area contributed by atoms with Crippen LogP contribution in [0.3, 0.4) is 0 Å². The lowest BCUT2D eigenvalue weighted by molar-refractivity contribution is -0.148. The van der Waals surface area contributed by atoms with E-state index in [0.29, 0.717) is 13.0 Å². The molecule has 0 spiro atoms. The predicted octanol–water partition coefficient (Wildman–Crippen LogP) is 2.15. The molecule has 0 atom stereocenters. The average Bonchev–Trinajstić information content (AvgIpc) is 2.87. The second kappa shape index (κ2) is 6.28. The summed E-state index contributed by atoms with van der Waals surface area (Å²) in [5.41, 5.74) is -0.572.